The van der Waals surface area contributed by atoms with Crippen LogP contribution in [-0.2, 0) is 19.0 Å². The van der Waals surface area contributed by atoms with Crippen molar-refractivity contribution < 1.29 is 28.9 Å². The Labute approximate surface area is 118 Å². The average Bonchev–Trinajstić information content (AvgIpc) is 2.33. The van der Waals surface area contributed by atoms with E-state index in [4.69, 9.17) is 19.3 Å². The van der Waals surface area contributed by atoms with E-state index in [1.54, 1.807) is 20.8 Å². The Hall–Kier alpha value is -1.34. The summed E-state index contributed by atoms with van der Waals surface area (Å²) in [5, 5.41) is 9.07. The van der Waals surface area contributed by atoms with Gasteiger partial charge < -0.3 is 24.2 Å². The summed E-state index contributed by atoms with van der Waals surface area (Å²) in [6.07, 6.45) is -2.05. The van der Waals surface area contributed by atoms with Gasteiger partial charge in [-0.1, -0.05) is 0 Å². The summed E-state index contributed by atoms with van der Waals surface area (Å²) < 4.78 is 15.9. The van der Waals surface area contributed by atoms with Gasteiger partial charge in [-0.15, -0.1) is 0 Å². The number of amides is 1. The molecule has 2 atom stereocenters. The van der Waals surface area contributed by atoms with Crippen molar-refractivity contribution >= 4 is 12.1 Å². The van der Waals surface area contributed by atoms with Gasteiger partial charge in [0.1, 0.15) is 5.60 Å². The van der Waals surface area contributed by atoms with Gasteiger partial charge in [-0.3, -0.25) is 0 Å². The van der Waals surface area contributed by atoms with Crippen LogP contribution in [0, 0.1) is 0 Å². The van der Waals surface area contributed by atoms with E-state index < -0.39 is 29.9 Å². The van der Waals surface area contributed by atoms with Crippen molar-refractivity contribution in [3.8, 4) is 0 Å². The largest absolute Gasteiger partial charge is 0.479 e. The highest BCUT2D eigenvalue weighted by atomic mass is 16.6. The molecule has 0 aromatic rings. The molecule has 1 N–H and O–H groups in total. The fourth-order valence-corrected chi connectivity index (χ4v) is 1.79. The van der Waals surface area contributed by atoms with Crippen LogP contribution in [0.15, 0.2) is 0 Å². The zero-order valence-corrected chi connectivity index (χ0v) is 12.4. The van der Waals surface area contributed by atoms with E-state index in [-0.39, 0.29) is 19.7 Å². The number of morpholine rings is 1. The van der Waals surface area contributed by atoms with Gasteiger partial charge in [-0.2, -0.15) is 0 Å². The average molecular weight is 289 g/mol. The number of carboxylic acids is 1. The summed E-state index contributed by atoms with van der Waals surface area (Å²) in [7, 11) is 0. The molecule has 20 heavy (non-hydrogen) atoms. The highest BCUT2D eigenvalue weighted by Crippen LogP contribution is 2.16. The first kappa shape index (κ1) is 16.7. The van der Waals surface area contributed by atoms with Gasteiger partial charge in [0.2, 0.25) is 0 Å². The molecule has 0 spiro atoms. The molecule has 7 nitrogen and oxygen atoms in total. The van der Waals surface area contributed by atoms with Crippen molar-refractivity contribution in [3.05, 3.63) is 0 Å². The maximum absolute atomic E-state index is 12.0. The highest BCUT2D eigenvalue weighted by Gasteiger charge is 2.36. The van der Waals surface area contributed by atoms with Crippen molar-refractivity contribution in [1.29, 1.82) is 0 Å². The highest BCUT2D eigenvalue weighted by molar-refractivity contribution is 5.75. The molecule has 0 saturated carbocycles. The lowest BCUT2D eigenvalue weighted by molar-refractivity contribution is -0.167. The Morgan fingerprint density at radius 1 is 1.35 bits per heavy atom. The molecule has 116 valence electrons. The van der Waals surface area contributed by atoms with E-state index in [0.29, 0.717) is 6.61 Å². The summed E-state index contributed by atoms with van der Waals surface area (Å²) in [4.78, 5) is 24.5. The molecule has 1 fully saturated rings. The minimum absolute atomic E-state index is 0.0210. The van der Waals surface area contributed by atoms with Crippen LogP contribution in [0.3, 0.4) is 0 Å². The first-order valence-corrected chi connectivity index (χ1v) is 6.67. The Morgan fingerprint density at radius 2 is 2.00 bits per heavy atom. The number of carboxylic acid groups (broad SMARTS) is 1. The molecule has 1 saturated heterocycles. The van der Waals surface area contributed by atoms with E-state index in [0.717, 1.165) is 0 Å². The Morgan fingerprint density at radius 3 is 2.50 bits per heavy atom. The van der Waals surface area contributed by atoms with Gasteiger partial charge in [-0.05, 0) is 27.7 Å². The lowest BCUT2D eigenvalue weighted by Crippen LogP contribution is -2.54. The number of aliphatic carboxylic acids is 1. The standard InChI is InChI=1S/C13H23NO6/c1-5-18-8-9-6-14(7-10(19-9)11(15)16)12(17)20-13(2,3)4/h9-10H,5-8H2,1-4H3,(H,15,16)/t9-,10+/m0/s1. The van der Waals surface area contributed by atoms with Crippen molar-refractivity contribution in [2.45, 2.75) is 45.5 Å². The fourth-order valence-electron chi connectivity index (χ4n) is 1.79. The smallest absolute Gasteiger partial charge is 0.410 e. The molecule has 0 bridgehead atoms. The van der Waals surface area contributed by atoms with E-state index in [9.17, 15) is 9.59 Å². The monoisotopic (exact) mass is 289 g/mol. The van der Waals surface area contributed by atoms with Crippen LogP contribution in [0.25, 0.3) is 0 Å². The molecule has 7 heteroatoms. The molecule has 1 aliphatic heterocycles. The summed E-state index contributed by atoms with van der Waals surface area (Å²) in [5.41, 5.74) is -0.622. The van der Waals surface area contributed by atoms with Crippen LogP contribution in [0.5, 0.6) is 0 Å². The van der Waals surface area contributed by atoms with E-state index in [1.165, 1.54) is 4.90 Å². The molecule has 0 aliphatic carbocycles. The quantitative estimate of drug-likeness (QED) is 0.834. The van der Waals surface area contributed by atoms with Gasteiger partial charge in [0, 0.05) is 6.61 Å². The predicted octanol–water partition coefficient (Wildman–Crippen LogP) is 1.11. The molecule has 1 amide bonds. The molecule has 1 rings (SSSR count). The summed E-state index contributed by atoms with van der Waals surface area (Å²) in [6.45, 7) is 8.12. The van der Waals surface area contributed by atoms with Crippen molar-refractivity contribution in [2.24, 2.45) is 0 Å². The maximum Gasteiger partial charge on any atom is 0.410 e. The van der Waals surface area contributed by atoms with E-state index >= 15 is 0 Å². The predicted molar refractivity (Wildman–Crippen MR) is 70.6 cm³/mol. The van der Waals surface area contributed by atoms with Crippen LogP contribution in [0.2, 0.25) is 0 Å². The van der Waals surface area contributed by atoms with Crippen LogP contribution in [0.4, 0.5) is 4.79 Å². The summed E-state index contributed by atoms with van der Waals surface area (Å²) in [5.74, 6) is -1.10. The second-order valence-corrected chi connectivity index (χ2v) is 5.63. The molecular formula is C13H23NO6. The van der Waals surface area contributed by atoms with Gasteiger partial charge in [-0.25, -0.2) is 9.59 Å². The first-order valence-electron chi connectivity index (χ1n) is 6.67. The zero-order valence-electron chi connectivity index (χ0n) is 12.4. The Kier molecular flexibility index (Phi) is 5.76. The van der Waals surface area contributed by atoms with Gasteiger partial charge in [0.05, 0.1) is 25.8 Å². The normalized spacial score (nSPS) is 23.5. The van der Waals surface area contributed by atoms with Gasteiger partial charge in [0.15, 0.2) is 6.10 Å². The lowest BCUT2D eigenvalue weighted by Gasteiger charge is -2.36. The maximum atomic E-state index is 12.0. The van der Waals surface area contributed by atoms with Gasteiger partial charge >= 0.3 is 12.1 Å². The van der Waals surface area contributed by atoms with E-state index in [1.807, 2.05) is 6.92 Å². The number of nitrogens with zero attached hydrogens (tertiary/aromatic N) is 1. The number of rotatable bonds is 4. The van der Waals surface area contributed by atoms with Crippen molar-refractivity contribution in [1.82, 2.24) is 4.90 Å². The Balaban J connectivity index is 2.68. The second-order valence-electron chi connectivity index (χ2n) is 5.63. The molecule has 1 heterocycles. The number of hydrogen-bond donors (Lipinski definition) is 1. The minimum atomic E-state index is -1.10. The zero-order chi connectivity index (χ0) is 15.3. The molecule has 0 unspecified atom stereocenters. The third kappa shape index (κ3) is 5.34. The van der Waals surface area contributed by atoms with Crippen LogP contribution < -0.4 is 0 Å². The topological polar surface area (TPSA) is 85.3 Å². The van der Waals surface area contributed by atoms with Crippen LogP contribution in [0.1, 0.15) is 27.7 Å². The fraction of sp³-hybridized carbons (Fsp3) is 0.846. The van der Waals surface area contributed by atoms with Gasteiger partial charge in [0.25, 0.3) is 0 Å². The Bertz CT molecular complexity index is 351. The molecule has 0 aromatic carbocycles. The number of carbonyl (C=O) groups is 2. The van der Waals surface area contributed by atoms with Crippen molar-refractivity contribution in [3.63, 3.8) is 0 Å². The minimum Gasteiger partial charge on any atom is -0.479 e. The van der Waals surface area contributed by atoms with Crippen LogP contribution >= 0.6 is 0 Å². The molecule has 0 aromatic heterocycles. The summed E-state index contributed by atoms with van der Waals surface area (Å²) in [6, 6.07) is 0. The van der Waals surface area contributed by atoms with E-state index in [2.05, 4.69) is 0 Å². The first-order chi connectivity index (χ1) is 9.23. The second kappa shape index (κ2) is 6.90. The summed E-state index contributed by atoms with van der Waals surface area (Å²) >= 11 is 0. The third-order valence-electron chi connectivity index (χ3n) is 2.60. The lowest BCUT2D eigenvalue weighted by atomic mass is 10.2. The number of carbonyl (C=O) groups excluding carboxylic acids is 1. The molecule has 1 aliphatic rings. The van der Waals surface area contributed by atoms with Crippen molar-refractivity contribution in [2.75, 3.05) is 26.3 Å². The molecule has 0 radical (unpaired) electrons. The number of ether oxygens (including phenoxy) is 3. The SMILES string of the molecule is CCOC[C@@H]1CN(C(=O)OC(C)(C)C)C[C@H](C(=O)O)O1. The number of hydrogen-bond acceptors (Lipinski definition) is 5. The molecular weight excluding hydrogens is 266 g/mol. The third-order valence-corrected chi connectivity index (χ3v) is 2.60. The van der Waals surface area contributed by atoms with Crippen LogP contribution in [-0.4, -0.2) is 66.2 Å².